The molecule has 1 amide bonds. The molecule has 1 rings (SSSR count). The van der Waals surface area contributed by atoms with Crippen LogP contribution < -0.4 is 5.32 Å². The summed E-state index contributed by atoms with van der Waals surface area (Å²) in [6.07, 6.45) is 62.2. The Hall–Kier alpha value is -2.90. The van der Waals surface area contributed by atoms with Crippen molar-refractivity contribution in [1.82, 2.24) is 5.32 Å². The molecule has 11 nitrogen and oxygen atoms in total. The van der Waals surface area contributed by atoms with E-state index in [9.17, 15) is 35.1 Å². The summed E-state index contributed by atoms with van der Waals surface area (Å²) in [6.45, 7) is 5.74. The molecule has 0 spiro atoms. The van der Waals surface area contributed by atoms with Crippen molar-refractivity contribution in [1.29, 1.82) is 0 Å². The summed E-state index contributed by atoms with van der Waals surface area (Å²) in [5.41, 5.74) is 0. The molecule has 1 aliphatic rings. The van der Waals surface area contributed by atoms with Gasteiger partial charge in [-0.3, -0.25) is 9.59 Å². The van der Waals surface area contributed by atoms with E-state index in [1.54, 1.807) is 6.08 Å². The van der Waals surface area contributed by atoms with Crippen LogP contribution >= 0.6 is 0 Å². The van der Waals surface area contributed by atoms with Gasteiger partial charge in [0.05, 0.1) is 25.4 Å². The van der Waals surface area contributed by atoms with Gasteiger partial charge in [0.2, 0.25) is 5.91 Å². The number of amides is 1. The fourth-order valence-corrected chi connectivity index (χ4v) is 10.0. The molecule has 0 aromatic rings. The first-order valence-electron chi connectivity index (χ1n) is 33.2. The van der Waals surface area contributed by atoms with Gasteiger partial charge >= 0.3 is 5.97 Å². The average Bonchev–Trinajstić information content (AvgIpc) is 3.45. The maximum Gasteiger partial charge on any atom is 0.306 e. The largest absolute Gasteiger partial charge is 0.454 e. The van der Waals surface area contributed by atoms with Crippen LogP contribution in [-0.4, -0.2) is 99.6 Å². The van der Waals surface area contributed by atoms with Gasteiger partial charge in [-0.2, -0.15) is 0 Å². The molecule has 0 aromatic carbocycles. The Kier molecular flexibility index (Phi) is 53.1. The van der Waals surface area contributed by atoms with Gasteiger partial charge in [0.15, 0.2) is 12.4 Å². The Morgan fingerprint density at radius 1 is 0.487 bits per heavy atom. The van der Waals surface area contributed by atoms with E-state index in [0.29, 0.717) is 12.8 Å². The Morgan fingerprint density at radius 2 is 0.863 bits per heavy atom. The van der Waals surface area contributed by atoms with Crippen LogP contribution in [0, 0.1) is 0 Å². The van der Waals surface area contributed by atoms with Gasteiger partial charge in [0.1, 0.15) is 24.4 Å². The maximum atomic E-state index is 13.5. The van der Waals surface area contributed by atoms with E-state index >= 15 is 0 Å². The number of carbonyl (C=O) groups is 2. The smallest absolute Gasteiger partial charge is 0.306 e. The van der Waals surface area contributed by atoms with Gasteiger partial charge in [0.25, 0.3) is 0 Å². The standard InChI is InChI=1S/C69H123NO10/c1-4-7-10-13-16-19-22-25-27-29-30-31-32-33-35-36-38-41-44-47-50-53-56-62(73)68(77)70-60(61(72)55-52-49-46-43-40-24-21-18-15-12-9-6-3)59-78-69-67(66(76)65(75)63(58-71)79-69)80-64(74)57-54-51-48-45-42-39-37-34-28-26-23-20-17-14-11-8-5-2/h16-17,19-20,25-28,37,39,52,55,60-63,65-67,69,71-73,75-76H,4-15,18,21-24,29-36,38,40-51,53-54,56-59H2,1-3H3,(H,70,77)/b19-16-,20-17-,27-25-,28-26-,39-37-,55-52+. The number of ether oxygens (including phenoxy) is 3. The third-order valence-corrected chi connectivity index (χ3v) is 15.3. The molecule has 464 valence electrons. The summed E-state index contributed by atoms with van der Waals surface area (Å²) in [7, 11) is 0. The second-order valence-electron chi connectivity index (χ2n) is 22.8. The van der Waals surface area contributed by atoms with Gasteiger partial charge in [-0.1, -0.05) is 261 Å². The number of unbranched alkanes of at least 4 members (excludes halogenated alkanes) is 32. The van der Waals surface area contributed by atoms with Crippen molar-refractivity contribution in [3.05, 3.63) is 72.9 Å². The van der Waals surface area contributed by atoms with Gasteiger partial charge in [-0.15, -0.1) is 0 Å². The van der Waals surface area contributed by atoms with Crippen molar-refractivity contribution >= 4 is 11.9 Å². The fraction of sp³-hybridized carbons (Fsp3) is 0.797. The van der Waals surface area contributed by atoms with Crippen molar-refractivity contribution < 1.29 is 49.3 Å². The van der Waals surface area contributed by atoms with E-state index in [-0.39, 0.29) is 19.4 Å². The Balaban J connectivity index is 2.64. The molecule has 1 fully saturated rings. The van der Waals surface area contributed by atoms with Crippen LogP contribution in [0.15, 0.2) is 72.9 Å². The molecule has 1 heterocycles. The number of esters is 1. The first-order valence-corrected chi connectivity index (χ1v) is 33.2. The van der Waals surface area contributed by atoms with Crippen molar-refractivity contribution in [3.8, 4) is 0 Å². The lowest BCUT2D eigenvalue weighted by Gasteiger charge is -2.41. The summed E-state index contributed by atoms with van der Waals surface area (Å²) in [5, 5.41) is 57.1. The van der Waals surface area contributed by atoms with Crippen molar-refractivity contribution in [2.24, 2.45) is 0 Å². The molecule has 1 saturated heterocycles. The summed E-state index contributed by atoms with van der Waals surface area (Å²) < 4.78 is 17.6. The molecule has 0 aliphatic carbocycles. The Bertz CT molecular complexity index is 1580. The van der Waals surface area contributed by atoms with Gasteiger partial charge in [-0.05, 0) is 96.3 Å². The maximum absolute atomic E-state index is 13.5. The van der Waals surface area contributed by atoms with E-state index in [2.05, 4.69) is 86.8 Å². The number of hydrogen-bond donors (Lipinski definition) is 6. The molecule has 8 unspecified atom stereocenters. The second kappa shape index (κ2) is 56.6. The number of nitrogens with one attached hydrogen (secondary N) is 1. The van der Waals surface area contributed by atoms with E-state index in [1.165, 1.54) is 154 Å². The topological polar surface area (TPSA) is 175 Å². The molecule has 0 aromatic heterocycles. The van der Waals surface area contributed by atoms with Crippen LogP contribution in [0.5, 0.6) is 0 Å². The molecule has 1 aliphatic heterocycles. The third-order valence-electron chi connectivity index (χ3n) is 15.3. The highest BCUT2D eigenvalue weighted by atomic mass is 16.7. The number of aliphatic hydroxyl groups excluding tert-OH is 5. The van der Waals surface area contributed by atoms with Crippen LogP contribution in [0.25, 0.3) is 0 Å². The predicted octanol–water partition coefficient (Wildman–Crippen LogP) is 16.3. The lowest BCUT2D eigenvalue weighted by atomic mass is 9.99. The lowest BCUT2D eigenvalue weighted by molar-refractivity contribution is -0.305. The minimum atomic E-state index is -1.63. The molecular formula is C69H123NO10. The van der Waals surface area contributed by atoms with Crippen LogP contribution in [0.3, 0.4) is 0 Å². The number of carbonyl (C=O) groups excluding carboxylic acids is 2. The molecule has 0 saturated carbocycles. The number of rotatable bonds is 56. The quantitative estimate of drug-likeness (QED) is 0.0195. The summed E-state index contributed by atoms with van der Waals surface area (Å²) >= 11 is 0. The highest BCUT2D eigenvalue weighted by Gasteiger charge is 2.47. The minimum Gasteiger partial charge on any atom is -0.454 e. The number of hydrogen-bond acceptors (Lipinski definition) is 10. The van der Waals surface area contributed by atoms with E-state index in [1.807, 2.05) is 6.08 Å². The minimum absolute atomic E-state index is 0.0965. The van der Waals surface area contributed by atoms with Crippen LogP contribution in [-0.2, 0) is 23.8 Å². The second-order valence-corrected chi connectivity index (χ2v) is 22.8. The zero-order valence-corrected chi connectivity index (χ0v) is 51.4. The molecule has 11 heteroatoms. The Morgan fingerprint density at radius 3 is 1.31 bits per heavy atom. The number of aliphatic hydroxyl groups is 5. The highest BCUT2D eigenvalue weighted by molar-refractivity contribution is 5.80. The predicted molar refractivity (Wildman–Crippen MR) is 333 cm³/mol. The average molecular weight is 1130 g/mol. The third kappa shape index (κ3) is 43.7. The Labute approximate surface area is 490 Å². The first kappa shape index (κ1) is 75.1. The number of allylic oxidation sites excluding steroid dienone is 11. The molecule has 6 N–H and O–H groups in total. The van der Waals surface area contributed by atoms with Crippen LogP contribution in [0.2, 0.25) is 0 Å². The normalized spacial score (nSPS) is 19.2. The summed E-state index contributed by atoms with van der Waals surface area (Å²) in [4.78, 5) is 26.6. The SMILES string of the molecule is CCCCC/C=C\C/C=C\C/C=C\CCCCCCC(=O)OC1C(OCC(NC(=O)C(O)CCCCCCCCCCCCCC/C=C\C/C=C\CCCCC)C(O)/C=C/CCCCCCCCCCCC)OC(CO)C(O)C1O. The molecule has 80 heavy (non-hydrogen) atoms. The zero-order chi connectivity index (χ0) is 58.2. The first-order chi connectivity index (χ1) is 39.2. The van der Waals surface area contributed by atoms with Gasteiger partial charge in [-0.25, -0.2) is 0 Å². The summed E-state index contributed by atoms with van der Waals surface area (Å²) in [6, 6.07) is -1.03. The summed E-state index contributed by atoms with van der Waals surface area (Å²) in [5.74, 6) is -1.21. The van der Waals surface area contributed by atoms with Crippen molar-refractivity contribution in [2.75, 3.05) is 13.2 Å². The van der Waals surface area contributed by atoms with Gasteiger partial charge in [0, 0.05) is 6.42 Å². The van der Waals surface area contributed by atoms with E-state index in [4.69, 9.17) is 14.2 Å². The molecule has 0 radical (unpaired) electrons. The molecular weight excluding hydrogens is 1000 g/mol. The highest BCUT2D eigenvalue weighted by Crippen LogP contribution is 2.26. The van der Waals surface area contributed by atoms with Gasteiger partial charge < -0.3 is 45.1 Å². The monoisotopic (exact) mass is 1130 g/mol. The van der Waals surface area contributed by atoms with E-state index < -0.39 is 67.4 Å². The van der Waals surface area contributed by atoms with Crippen LogP contribution in [0.4, 0.5) is 0 Å². The van der Waals surface area contributed by atoms with Crippen molar-refractivity contribution in [3.63, 3.8) is 0 Å². The molecule has 0 bridgehead atoms. The fourth-order valence-electron chi connectivity index (χ4n) is 10.0. The zero-order valence-electron chi connectivity index (χ0n) is 51.4. The van der Waals surface area contributed by atoms with Crippen molar-refractivity contribution in [2.45, 2.75) is 339 Å². The molecule has 8 atom stereocenters. The van der Waals surface area contributed by atoms with Crippen LogP contribution in [0.1, 0.15) is 290 Å². The lowest BCUT2D eigenvalue weighted by Crippen LogP contribution is -2.61. The van der Waals surface area contributed by atoms with E-state index in [0.717, 1.165) is 89.9 Å².